The van der Waals surface area contributed by atoms with Gasteiger partial charge in [-0.15, -0.1) is 11.6 Å². The molecule has 1 unspecified atom stereocenters. The van der Waals surface area contributed by atoms with E-state index in [1.54, 1.807) is 13.8 Å². The van der Waals surface area contributed by atoms with Gasteiger partial charge < -0.3 is 10.1 Å². The van der Waals surface area contributed by atoms with Crippen LogP contribution in [-0.4, -0.2) is 17.9 Å². The number of hydrogen-bond donors (Lipinski definition) is 1. The van der Waals surface area contributed by atoms with Crippen LogP contribution in [0.25, 0.3) is 0 Å². The van der Waals surface area contributed by atoms with Crippen molar-refractivity contribution in [2.45, 2.75) is 19.2 Å². The van der Waals surface area contributed by atoms with Crippen molar-refractivity contribution in [3.8, 4) is 5.75 Å². The van der Waals surface area contributed by atoms with Crippen LogP contribution in [0.5, 0.6) is 5.75 Å². The van der Waals surface area contributed by atoms with Gasteiger partial charge in [0.15, 0.2) is 0 Å². The Kier molecular flexibility index (Phi) is 4.55. The van der Waals surface area contributed by atoms with Crippen molar-refractivity contribution in [1.29, 1.82) is 0 Å². The molecule has 1 rings (SSSR count). The number of anilines is 1. The van der Waals surface area contributed by atoms with Crippen molar-refractivity contribution in [3.63, 3.8) is 0 Å². The normalized spacial score (nSPS) is 12.0. The highest BCUT2D eigenvalue weighted by atomic mass is 35.5. The van der Waals surface area contributed by atoms with Gasteiger partial charge in [0.05, 0.1) is 12.3 Å². The number of carbonyl (C=O) groups is 1. The summed E-state index contributed by atoms with van der Waals surface area (Å²) in [4.78, 5) is 11.4. The van der Waals surface area contributed by atoms with E-state index < -0.39 is 11.2 Å². The minimum atomic E-state index is -0.653. The van der Waals surface area contributed by atoms with Crippen LogP contribution in [0.3, 0.4) is 0 Å². The summed E-state index contributed by atoms with van der Waals surface area (Å²) in [7, 11) is 0. The minimum Gasteiger partial charge on any atom is -0.492 e. The fourth-order valence-electron chi connectivity index (χ4n) is 1.11. The predicted molar refractivity (Wildman–Crippen MR) is 61.5 cm³/mol. The summed E-state index contributed by atoms with van der Waals surface area (Å²) >= 11 is 5.61. The molecule has 0 heterocycles. The van der Waals surface area contributed by atoms with Crippen LogP contribution >= 0.6 is 11.6 Å². The third kappa shape index (κ3) is 3.38. The maximum absolute atomic E-state index is 12.9. The molecule has 0 aliphatic rings. The number of rotatable bonds is 4. The quantitative estimate of drug-likeness (QED) is 0.829. The zero-order valence-electron chi connectivity index (χ0n) is 9.09. The summed E-state index contributed by atoms with van der Waals surface area (Å²) in [6.45, 7) is 3.73. The van der Waals surface area contributed by atoms with Crippen molar-refractivity contribution in [3.05, 3.63) is 24.0 Å². The molecule has 5 heteroatoms. The van der Waals surface area contributed by atoms with E-state index in [1.807, 2.05) is 0 Å². The van der Waals surface area contributed by atoms with Crippen molar-refractivity contribution in [1.82, 2.24) is 0 Å². The van der Waals surface area contributed by atoms with E-state index in [0.717, 1.165) is 0 Å². The lowest BCUT2D eigenvalue weighted by atomic mass is 10.2. The third-order valence-electron chi connectivity index (χ3n) is 1.86. The summed E-state index contributed by atoms with van der Waals surface area (Å²) in [6.07, 6.45) is 0. The third-order valence-corrected chi connectivity index (χ3v) is 2.06. The SMILES string of the molecule is CCOc1cc(F)ccc1NC(=O)C(C)Cl. The van der Waals surface area contributed by atoms with Crippen LogP contribution in [0, 0.1) is 5.82 Å². The van der Waals surface area contributed by atoms with Crippen LogP contribution in [0.2, 0.25) is 0 Å². The Bertz CT molecular complexity index is 382. The van der Waals surface area contributed by atoms with Crippen LogP contribution in [0.15, 0.2) is 18.2 Å². The van der Waals surface area contributed by atoms with Crippen LogP contribution < -0.4 is 10.1 Å². The Labute approximate surface area is 98.5 Å². The highest BCUT2D eigenvalue weighted by Crippen LogP contribution is 2.25. The Morgan fingerprint density at radius 3 is 2.88 bits per heavy atom. The van der Waals surface area contributed by atoms with Gasteiger partial charge in [-0.3, -0.25) is 4.79 Å². The molecular formula is C11H13ClFNO2. The molecule has 0 aliphatic heterocycles. The standard InChI is InChI=1S/C11H13ClFNO2/c1-3-16-10-6-8(13)4-5-9(10)14-11(15)7(2)12/h4-7H,3H2,1-2H3,(H,14,15). The zero-order chi connectivity index (χ0) is 12.1. The summed E-state index contributed by atoms with van der Waals surface area (Å²) in [6, 6.07) is 3.91. The molecule has 3 nitrogen and oxygen atoms in total. The Hall–Kier alpha value is -1.29. The molecule has 1 N–H and O–H groups in total. The van der Waals surface area contributed by atoms with Gasteiger partial charge in [0.25, 0.3) is 0 Å². The second kappa shape index (κ2) is 5.70. The molecule has 0 bridgehead atoms. The second-order valence-corrected chi connectivity index (χ2v) is 3.83. The van der Waals surface area contributed by atoms with Crippen LogP contribution in [-0.2, 0) is 4.79 Å². The van der Waals surface area contributed by atoms with E-state index in [0.29, 0.717) is 18.0 Å². The summed E-state index contributed by atoms with van der Waals surface area (Å²) in [5.41, 5.74) is 0.417. The highest BCUT2D eigenvalue weighted by molar-refractivity contribution is 6.32. The number of halogens is 2. The van der Waals surface area contributed by atoms with E-state index in [9.17, 15) is 9.18 Å². The first-order valence-electron chi connectivity index (χ1n) is 4.92. The lowest BCUT2D eigenvalue weighted by Gasteiger charge is -2.12. The summed E-state index contributed by atoms with van der Waals surface area (Å²) in [5, 5.41) is 1.91. The average Bonchev–Trinajstić information content (AvgIpc) is 2.22. The molecular weight excluding hydrogens is 233 g/mol. The molecule has 1 aromatic rings. The van der Waals surface area contributed by atoms with Gasteiger partial charge in [-0.05, 0) is 26.0 Å². The summed E-state index contributed by atoms with van der Waals surface area (Å²) < 4.78 is 18.1. The highest BCUT2D eigenvalue weighted by Gasteiger charge is 2.12. The number of nitrogens with one attached hydrogen (secondary N) is 1. The molecule has 0 aromatic heterocycles. The lowest BCUT2D eigenvalue weighted by Crippen LogP contribution is -2.20. The van der Waals surface area contributed by atoms with Gasteiger partial charge in [0.1, 0.15) is 16.9 Å². The van der Waals surface area contributed by atoms with E-state index >= 15 is 0 Å². The smallest absolute Gasteiger partial charge is 0.242 e. The number of benzene rings is 1. The minimum absolute atomic E-state index is 0.299. The van der Waals surface area contributed by atoms with E-state index in [2.05, 4.69) is 5.32 Å². The number of alkyl halides is 1. The Morgan fingerprint density at radius 1 is 1.62 bits per heavy atom. The van der Waals surface area contributed by atoms with Crippen molar-refractivity contribution >= 4 is 23.2 Å². The van der Waals surface area contributed by atoms with E-state index in [4.69, 9.17) is 16.3 Å². The second-order valence-electron chi connectivity index (χ2n) is 3.18. The molecule has 0 fully saturated rings. The monoisotopic (exact) mass is 245 g/mol. The topological polar surface area (TPSA) is 38.3 Å². The van der Waals surface area contributed by atoms with Gasteiger partial charge in [-0.1, -0.05) is 0 Å². The van der Waals surface area contributed by atoms with Crippen molar-refractivity contribution in [2.24, 2.45) is 0 Å². The molecule has 0 radical (unpaired) electrons. The Balaban J connectivity index is 2.90. The van der Waals surface area contributed by atoms with Gasteiger partial charge in [-0.25, -0.2) is 4.39 Å². The van der Waals surface area contributed by atoms with Crippen molar-refractivity contribution < 1.29 is 13.9 Å². The van der Waals surface area contributed by atoms with Gasteiger partial charge in [0.2, 0.25) is 5.91 Å². The molecule has 0 saturated heterocycles. The van der Waals surface area contributed by atoms with E-state index in [-0.39, 0.29) is 5.91 Å². The number of carbonyl (C=O) groups excluding carboxylic acids is 1. The number of hydrogen-bond acceptors (Lipinski definition) is 2. The molecule has 88 valence electrons. The largest absolute Gasteiger partial charge is 0.492 e. The lowest BCUT2D eigenvalue weighted by molar-refractivity contribution is -0.115. The van der Waals surface area contributed by atoms with Gasteiger partial charge in [-0.2, -0.15) is 0 Å². The average molecular weight is 246 g/mol. The molecule has 1 aromatic carbocycles. The van der Waals surface area contributed by atoms with Crippen molar-refractivity contribution in [2.75, 3.05) is 11.9 Å². The molecule has 0 spiro atoms. The first-order valence-corrected chi connectivity index (χ1v) is 5.35. The first-order chi connectivity index (χ1) is 7.54. The van der Waals surface area contributed by atoms with Gasteiger partial charge >= 0.3 is 0 Å². The maximum atomic E-state index is 12.9. The molecule has 1 amide bonds. The summed E-state index contributed by atoms with van der Waals surface area (Å²) in [5.74, 6) is -0.470. The van der Waals surface area contributed by atoms with Crippen LogP contribution in [0.1, 0.15) is 13.8 Å². The Morgan fingerprint density at radius 2 is 2.31 bits per heavy atom. The molecule has 0 aliphatic carbocycles. The maximum Gasteiger partial charge on any atom is 0.242 e. The number of ether oxygens (including phenoxy) is 1. The molecule has 16 heavy (non-hydrogen) atoms. The predicted octanol–water partition coefficient (Wildman–Crippen LogP) is 2.79. The zero-order valence-corrected chi connectivity index (χ0v) is 9.84. The number of amides is 1. The van der Waals surface area contributed by atoms with Crippen LogP contribution in [0.4, 0.5) is 10.1 Å². The first kappa shape index (κ1) is 12.8. The molecule has 0 saturated carbocycles. The molecule has 1 atom stereocenters. The van der Waals surface area contributed by atoms with Gasteiger partial charge in [0, 0.05) is 6.07 Å². The fraction of sp³-hybridized carbons (Fsp3) is 0.364. The van der Waals surface area contributed by atoms with E-state index in [1.165, 1.54) is 18.2 Å². The fourth-order valence-corrected chi connectivity index (χ4v) is 1.16.